The minimum absolute atomic E-state index is 0.352. The van der Waals surface area contributed by atoms with Crippen molar-refractivity contribution in [2.45, 2.75) is 12.2 Å². The molecule has 0 bridgehead atoms. The Morgan fingerprint density at radius 3 is 2.52 bits per heavy atom. The highest BCUT2D eigenvalue weighted by atomic mass is 19.1. The fourth-order valence-corrected chi connectivity index (χ4v) is 2.00. The van der Waals surface area contributed by atoms with E-state index in [9.17, 15) is 18.9 Å². The standard InChI is InChI=1S/C16H13F2NO2/c1-2-13-9-10-16(18,19(20)21)11-14(13)6-3-12-4-7-15(17)8-5-12/h2-10H,1,11H2. The van der Waals surface area contributed by atoms with Crippen LogP contribution < -0.4 is 0 Å². The normalized spacial score (nSPS) is 21.8. The third kappa shape index (κ3) is 3.31. The van der Waals surface area contributed by atoms with Crippen LogP contribution in [0.25, 0.3) is 6.08 Å². The lowest BCUT2D eigenvalue weighted by molar-refractivity contribution is -0.589. The van der Waals surface area contributed by atoms with Crippen LogP contribution in [0, 0.1) is 15.9 Å². The summed E-state index contributed by atoms with van der Waals surface area (Å²) in [7, 11) is 0. The minimum Gasteiger partial charge on any atom is -0.261 e. The Labute approximate surface area is 120 Å². The number of rotatable bonds is 4. The van der Waals surface area contributed by atoms with Crippen molar-refractivity contribution < 1.29 is 13.7 Å². The zero-order valence-electron chi connectivity index (χ0n) is 11.1. The smallest absolute Gasteiger partial charge is 0.261 e. The summed E-state index contributed by atoms with van der Waals surface area (Å²) in [5.41, 5.74) is 1.81. The van der Waals surface area contributed by atoms with E-state index in [1.165, 1.54) is 24.3 Å². The summed E-state index contributed by atoms with van der Waals surface area (Å²) in [5, 5.41) is 10.8. The van der Waals surface area contributed by atoms with Crippen molar-refractivity contribution in [2.75, 3.05) is 0 Å². The van der Waals surface area contributed by atoms with Crippen LogP contribution in [0.2, 0.25) is 0 Å². The van der Waals surface area contributed by atoms with E-state index in [0.29, 0.717) is 16.7 Å². The molecule has 1 aliphatic rings. The summed E-state index contributed by atoms with van der Waals surface area (Å²) < 4.78 is 26.9. The van der Waals surface area contributed by atoms with Gasteiger partial charge in [-0.05, 0) is 34.9 Å². The molecule has 0 N–H and O–H groups in total. The van der Waals surface area contributed by atoms with Crippen molar-refractivity contribution in [3.8, 4) is 0 Å². The summed E-state index contributed by atoms with van der Waals surface area (Å²) in [6.45, 7) is 3.61. The Hall–Kier alpha value is -2.56. The maximum Gasteiger partial charge on any atom is 0.382 e. The highest BCUT2D eigenvalue weighted by Crippen LogP contribution is 2.32. The lowest BCUT2D eigenvalue weighted by Gasteiger charge is -2.19. The van der Waals surface area contributed by atoms with Gasteiger partial charge in [-0.25, -0.2) is 4.39 Å². The second-order valence-electron chi connectivity index (χ2n) is 4.66. The summed E-state index contributed by atoms with van der Waals surface area (Å²) in [5.74, 6) is -2.95. The Kier molecular flexibility index (Phi) is 4.12. The zero-order valence-corrected chi connectivity index (χ0v) is 11.1. The van der Waals surface area contributed by atoms with Crippen LogP contribution in [0.3, 0.4) is 0 Å². The van der Waals surface area contributed by atoms with Gasteiger partial charge in [-0.15, -0.1) is 0 Å². The molecule has 0 fully saturated rings. The highest BCUT2D eigenvalue weighted by molar-refractivity contribution is 5.56. The number of allylic oxidation sites excluding steroid dienone is 4. The summed E-state index contributed by atoms with van der Waals surface area (Å²) >= 11 is 0. The van der Waals surface area contributed by atoms with Crippen molar-refractivity contribution in [1.82, 2.24) is 0 Å². The Morgan fingerprint density at radius 2 is 1.95 bits per heavy atom. The predicted octanol–water partition coefficient (Wildman–Crippen LogP) is 4.22. The second-order valence-corrected chi connectivity index (χ2v) is 4.66. The van der Waals surface area contributed by atoms with Crippen LogP contribution in [0.1, 0.15) is 12.0 Å². The van der Waals surface area contributed by atoms with Crippen molar-refractivity contribution >= 4 is 6.08 Å². The van der Waals surface area contributed by atoms with Crippen LogP contribution >= 0.6 is 0 Å². The number of hydrogen-bond acceptors (Lipinski definition) is 2. The molecule has 0 saturated carbocycles. The summed E-state index contributed by atoms with van der Waals surface area (Å²) in [6.07, 6.45) is 6.67. The molecule has 0 radical (unpaired) electrons. The SMILES string of the molecule is C=CC1=C(C=Cc2ccc(F)cc2)CC(F)([N+](=O)[O-])C=C1. The molecule has 21 heavy (non-hydrogen) atoms. The molecule has 5 heteroatoms. The molecule has 0 saturated heterocycles. The molecule has 3 nitrogen and oxygen atoms in total. The third-order valence-electron chi connectivity index (χ3n) is 3.20. The van der Waals surface area contributed by atoms with Gasteiger partial charge in [0.25, 0.3) is 0 Å². The van der Waals surface area contributed by atoms with Gasteiger partial charge in [0.2, 0.25) is 0 Å². The predicted molar refractivity (Wildman–Crippen MR) is 77.2 cm³/mol. The largest absolute Gasteiger partial charge is 0.382 e. The van der Waals surface area contributed by atoms with Gasteiger partial charge in [-0.3, -0.25) is 10.1 Å². The van der Waals surface area contributed by atoms with Crippen LogP contribution in [0.5, 0.6) is 0 Å². The average Bonchev–Trinajstić information content (AvgIpc) is 2.47. The molecule has 1 atom stereocenters. The summed E-state index contributed by atoms with van der Waals surface area (Å²) in [4.78, 5) is 9.84. The van der Waals surface area contributed by atoms with E-state index in [0.717, 1.165) is 6.08 Å². The number of benzene rings is 1. The molecule has 2 rings (SSSR count). The topological polar surface area (TPSA) is 43.1 Å². The lowest BCUT2D eigenvalue weighted by atomic mass is 9.92. The van der Waals surface area contributed by atoms with Crippen LogP contribution in [0.4, 0.5) is 8.78 Å². The van der Waals surface area contributed by atoms with Crippen molar-refractivity contribution in [3.05, 3.63) is 87.8 Å². The number of nitrogens with zero attached hydrogens (tertiary/aromatic N) is 1. The molecular weight excluding hydrogens is 276 g/mol. The maximum absolute atomic E-state index is 14.1. The van der Waals surface area contributed by atoms with E-state index < -0.39 is 10.7 Å². The quantitative estimate of drug-likeness (QED) is 0.473. The average molecular weight is 289 g/mol. The van der Waals surface area contributed by atoms with E-state index in [1.54, 1.807) is 24.3 Å². The molecule has 0 heterocycles. The highest BCUT2D eigenvalue weighted by Gasteiger charge is 2.42. The molecule has 1 aliphatic carbocycles. The number of alkyl halides is 1. The Balaban J connectivity index is 2.29. The van der Waals surface area contributed by atoms with Gasteiger partial charge >= 0.3 is 5.79 Å². The molecule has 108 valence electrons. The molecule has 0 aromatic heterocycles. The van der Waals surface area contributed by atoms with Crippen molar-refractivity contribution in [1.29, 1.82) is 0 Å². The lowest BCUT2D eigenvalue weighted by Crippen LogP contribution is -2.32. The van der Waals surface area contributed by atoms with E-state index in [-0.39, 0.29) is 12.2 Å². The molecule has 1 unspecified atom stereocenters. The number of nitro groups is 1. The van der Waals surface area contributed by atoms with Gasteiger partial charge < -0.3 is 0 Å². The fourth-order valence-electron chi connectivity index (χ4n) is 2.00. The first-order valence-electron chi connectivity index (χ1n) is 6.26. The first kappa shape index (κ1) is 14.8. The molecule has 0 aliphatic heterocycles. The second kappa shape index (κ2) is 5.83. The monoisotopic (exact) mass is 289 g/mol. The molecule has 1 aromatic carbocycles. The summed E-state index contributed by atoms with van der Waals surface area (Å²) in [6, 6.07) is 5.74. The first-order valence-corrected chi connectivity index (χ1v) is 6.26. The van der Waals surface area contributed by atoms with Crippen molar-refractivity contribution in [3.63, 3.8) is 0 Å². The van der Waals surface area contributed by atoms with Gasteiger partial charge in [0.15, 0.2) is 0 Å². The minimum atomic E-state index is -2.60. The maximum atomic E-state index is 14.1. The number of halogens is 2. The van der Waals surface area contributed by atoms with Crippen molar-refractivity contribution in [2.24, 2.45) is 0 Å². The Bertz CT molecular complexity index is 659. The molecular formula is C16H13F2NO2. The molecule has 0 spiro atoms. The fraction of sp³-hybridized carbons (Fsp3) is 0.125. The van der Waals surface area contributed by atoms with Crippen LogP contribution in [-0.4, -0.2) is 10.7 Å². The molecule has 0 amide bonds. The molecule has 1 aromatic rings. The van der Waals surface area contributed by atoms with E-state index in [1.807, 2.05) is 0 Å². The van der Waals surface area contributed by atoms with Gasteiger partial charge in [0, 0.05) is 6.08 Å². The van der Waals surface area contributed by atoms with Crippen LogP contribution in [0.15, 0.2) is 66.3 Å². The van der Waals surface area contributed by atoms with E-state index >= 15 is 0 Å². The van der Waals surface area contributed by atoms with Crippen LogP contribution in [-0.2, 0) is 0 Å². The van der Waals surface area contributed by atoms with Gasteiger partial charge in [0.1, 0.15) is 5.82 Å². The number of hydrogen-bond donors (Lipinski definition) is 0. The van der Waals surface area contributed by atoms with E-state index in [4.69, 9.17) is 0 Å². The zero-order chi connectivity index (χ0) is 15.5. The van der Waals surface area contributed by atoms with Gasteiger partial charge in [0.05, 0.1) is 11.3 Å². The third-order valence-corrected chi connectivity index (χ3v) is 3.20. The van der Waals surface area contributed by atoms with Gasteiger partial charge in [-0.1, -0.05) is 36.9 Å². The van der Waals surface area contributed by atoms with Gasteiger partial charge in [-0.2, -0.15) is 4.39 Å². The van der Waals surface area contributed by atoms with E-state index in [2.05, 4.69) is 6.58 Å². The Morgan fingerprint density at radius 1 is 1.29 bits per heavy atom. The first-order chi connectivity index (χ1) is 9.94.